The van der Waals surface area contributed by atoms with Gasteiger partial charge in [-0.1, -0.05) is 24.6 Å². The second-order valence-electron chi connectivity index (χ2n) is 5.56. The number of nitrogens with zero attached hydrogens (tertiary/aromatic N) is 2. The largest absolute Gasteiger partial charge is 0.302 e. The summed E-state index contributed by atoms with van der Waals surface area (Å²) in [7, 11) is 0. The zero-order chi connectivity index (χ0) is 14.7. The highest BCUT2D eigenvalue weighted by Gasteiger charge is 2.13. The minimum Gasteiger partial charge on any atom is -0.302 e. The second kappa shape index (κ2) is 9.11. The lowest BCUT2D eigenvalue weighted by molar-refractivity contribution is 0.218. The van der Waals surface area contributed by atoms with E-state index in [1.54, 1.807) is 29.1 Å². The molecular weight excluding hydrogens is 340 g/mol. The summed E-state index contributed by atoms with van der Waals surface area (Å²) in [5.74, 6) is -0.364. The van der Waals surface area contributed by atoms with Crippen LogP contribution < -0.4 is 5.56 Å². The van der Waals surface area contributed by atoms with Crippen molar-refractivity contribution >= 4 is 24.8 Å². The highest BCUT2D eigenvalue weighted by molar-refractivity contribution is 5.85. The van der Waals surface area contributed by atoms with Gasteiger partial charge in [0.2, 0.25) is 0 Å². The van der Waals surface area contributed by atoms with Gasteiger partial charge in [-0.2, -0.15) is 0 Å². The van der Waals surface area contributed by atoms with Crippen LogP contribution in [-0.4, -0.2) is 34.3 Å². The molecule has 7 heteroatoms. The van der Waals surface area contributed by atoms with Gasteiger partial charge in [-0.25, -0.2) is 4.39 Å². The maximum atomic E-state index is 13.8. The number of hydrogen-bond acceptors (Lipinski definition) is 2. The van der Waals surface area contributed by atoms with E-state index >= 15 is 0 Å². The molecule has 1 aromatic heterocycles. The van der Waals surface area contributed by atoms with Gasteiger partial charge < -0.3 is 4.90 Å². The molecule has 2 heterocycles. The molecule has 1 aliphatic rings. The minimum absolute atomic E-state index is 0. The number of aromatic nitrogens is 2. The number of piperidine rings is 1. The average molecular weight is 362 g/mol. The number of rotatable bonds is 4. The first-order valence-corrected chi connectivity index (χ1v) is 7.51. The van der Waals surface area contributed by atoms with Crippen molar-refractivity contribution in [1.29, 1.82) is 0 Å². The van der Waals surface area contributed by atoms with Gasteiger partial charge in [0.1, 0.15) is 5.82 Å². The predicted octanol–water partition coefficient (Wildman–Crippen LogP) is 3.31. The number of likely N-dealkylation sites (tertiary alicyclic amines) is 1. The Bertz CT molecular complexity index is 665. The Morgan fingerprint density at radius 2 is 1.70 bits per heavy atom. The summed E-state index contributed by atoms with van der Waals surface area (Å²) >= 11 is 0. The molecule has 0 unspecified atom stereocenters. The zero-order valence-electron chi connectivity index (χ0n) is 12.8. The third kappa shape index (κ3) is 4.83. The number of benzene rings is 1. The molecule has 0 amide bonds. The normalized spacial score (nSPS) is 14.8. The lowest BCUT2D eigenvalue weighted by Gasteiger charge is -2.26. The number of aromatic amines is 1. The smallest absolute Gasteiger partial charge is 0.272 e. The van der Waals surface area contributed by atoms with Gasteiger partial charge in [0.05, 0.1) is 12.1 Å². The molecule has 3 rings (SSSR count). The first kappa shape index (κ1) is 19.7. The lowest BCUT2D eigenvalue weighted by Crippen LogP contribution is -2.32. The number of halogens is 3. The van der Waals surface area contributed by atoms with Crippen LogP contribution in [0.3, 0.4) is 0 Å². The van der Waals surface area contributed by atoms with Crippen LogP contribution in [0.4, 0.5) is 4.39 Å². The Morgan fingerprint density at radius 3 is 2.39 bits per heavy atom. The van der Waals surface area contributed by atoms with Gasteiger partial charge in [0.15, 0.2) is 0 Å². The standard InChI is InChI=1S/C16H20FN3O.2ClH/c17-15-7-3-2-6-13(15)14-12-20(18-16(14)21)11-10-19-8-4-1-5-9-19;;/h2-3,6-7,12H,1,4-5,8-11H2,(H,18,21);2*1H. The Balaban J connectivity index is 0.00000132. The van der Waals surface area contributed by atoms with E-state index in [1.165, 1.54) is 25.3 Å². The molecule has 0 bridgehead atoms. The summed E-state index contributed by atoms with van der Waals surface area (Å²) in [4.78, 5) is 14.4. The zero-order valence-corrected chi connectivity index (χ0v) is 14.5. The van der Waals surface area contributed by atoms with E-state index in [9.17, 15) is 9.18 Å². The molecule has 4 nitrogen and oxygen atoms in total. The first-order valence-electron chi connectivity index (χ1n) is 7.51. The summed E-state index contributed by atoms with van der Waals surface area (Å²) < 4.78 is 15.5. The molecule has 128 valence electrons. The molecule has 2 aromatic rings. The Hall–Kier alpha value is -1.30. The van der Waals surface area contributed by atoms with Gasteiger partial charge >= 0.3 is 0 Å². The van der Waals surface area contributed by atoms with Gasteiger partial charge in [-0.05, 0) is 32.0 Å². The van der Waals surface area contributed by atoms with E-state index in [4.69, 9.17) is 0 Å². The Labute approximate surface area is 147 Å². The fourth-order valence-electron chi connectivity index (χ4n) is 2.86. The second-order valence-corrected chi connectivity index (χ2v) is 5.56. The molecule has 23 heavy (non-hydrogen) atoms. The first-order chi connectivity index (χ1) is 10.2. The average Bonchev–Trinajstić information content (AvgIpc) is 2.88. The van der Waals surface area contributed by atoms with Crippen LogP contribution >= 0.6 is 24.8 Å². The van der Waals surface area contributed by atoms with Crippen LogP contribution in [0.25, 0.3) is 11.1 Å². The molecule has 1 fully saturated rings. The fraction of sp³-hybridized carbons (Fsp3) is 0.438. The Kier molecular flexibility index (Phi) is 7.82. The molecular formula is C16H22Cl2FN3O. The van der Waals surface area contributed by atoms with Crippen LogP contribution in [0, 0.1) is 5.82 Å². The quantitative estimate of drug-likeness (QED) is 0.907. The minimum atomic E-state index is -0.364. The van der Waals surface area contributed by atoms with Crippen molar-refractivity contribution in [2.75, 3.05) is 19.6 Å². The molecule has 0 radical (unpaired) electrons. The van der Waals surface area contributed by atoms with Crippen molar-refractivity contribution in [3.63, 3.8) is 0 Å². The van der Waals surface area contributed by atoms with Crippen LogP contribution in [0.15, 0.2) is 35.3 Å². The van der Waals surface area contributed by atoms with Crippen LogP contribution in [-0.2, 0) is 6.54 Å². The van der Waals surface area contributed by atoms with Gasteiger partial charge in [0, 0.05) is 18.3 Å². The summed E-state index contributed by atoms with van der Waals surface area (Å²) in [6, 6.07) is 6.37. The number of nitrogens with one attached hydrogen (secondary N) is 1. The SMILES string of the molecule is Cl.Cl.O=c1[nH]n(CCN2CCCCC2)cc1-c1ccccc1F. The number of hydrogen-bond donors (Lipinski definition) is 1. The van der Waals surface area contributed by atoms with Crippen LogP contribution in [0.1, 0.15) is 19.3 Å². The molecule has 1 N–H and O–H groups in total. The molecule has 1 saturated heterocycles. The van der Waals surface area contributed by atoms with Crippen molar-refractivity contribution in [2.45, 2.75) is 25.8 Å². The maximum absolute atomic E-state index is 13.8. The van der Waals surface area contributed by atoms with Crippen molar-refractivity contribution in [3.8, 4) is 11.1 Å². The van der Waals surface area contributed by atoms with Gasteiger partial charge in [-0.3, -0.25) is 14.6 Å². The van der Waals surface area contributed by atoms with E-state index in [-0.39, 0.29) is 36.2 Å². The monoisotopic (exact) mass is 361 g/mol. The van der Waals surface area contributed by atoms with E-state index < -0.39 is 0 Å². The van der Waals surface area contributed by atoms with E-state index in [0.29, 0.717) is 11.1 Å². The molecule has 0 aliphatic carbocycles. The topological polar surface area (TPSA) is 41.0 Å². The van der Waals surface area contributed by atoms with Crippen molar-refractivity contribution in [3.05, 3.63) is 46.6 Å². The van der Waals surface area contributed by atoms with Gasteiger partial charge in [-0.15, -0.1) is 24.8 Å². The van der Waals surface area contributed by atoms with Crippen LogP contribution in [0.2, 0.25) is 0 Å². The fourth-order valence-corrected chi connectivity index (χ4v) is 2.86. The summed E-state index contributed by atoms with van der Waals surface area (Å²) in [5, 5.41) is 2.78. The molecule has 0 spiro atoms. The summed E-state index contributed by atoms with van der Waals surface area (Å²) in [6.07, 6.45) is 5.53. The molecule has 0 saturated carbocycles. The lowest BCUT2D eigenvalue weighted by atomic mass is 10.1. The van der Waals surface area contributed by atoms with Crippen molar-refractivity contribution < 1.29 is 4.39 Å². The van der Waals surface area contributed by atoms with Gasteiger partial charge in [0.25, 0.3) is 5.56 Å². The summed E-state index contributed by atoms with van der Waals surface area (Å²) in [5.41, 5.74) is 0.515. The van der Waals surface area contributed by atoms with E-state index in [2.05, 4.69) is 10.00 Å². The third-order valence-electron chi connectivity index (χ3n) is 4.04. The molecule has 1 aromatic carbocycles. The molecule has 1 aliphatic heterocycles. The maximum Gasteiger partial charge on any atom is 0.272 e. The van der Waals surface area contributed by atoms with E-state index in [1.807, 2.05) is 0 Å². The highest BCUT2D eigenvalue weighted by Crippen LogP contribution is 2.18. The summed E-state index contributed by atoms with van der Waals surface area (Å²) in [6.45, 7) is 3.91. The highest BCUT2D eigenvalue weighted by atomic mass is 35.5. The van der Waals surface area contributed by atoms with Crippen molar-refractivity contribution in [1.82, 2.24) is 14.7 Å². The Morgan fingerprint density at radius 1 is 1.00 bits per heavy atom. The molecule has 0 atom stereocenters. The van der Waals surface area contributed by atoms with Crippen molar-refractivity contribution in [2.24, 2.45) is 0 Å². The predicted molar refractivity (Wildman–Crippen MR) is 95.2 cm³/mol. The van der Waals surface area contributed by atoms with Crippen LogP contribution in [0.5, 0.6) is 0 Å². The van der Waals surface area contributed by atoms with E-state index in [0.717, 1.165) is 26.2 Å². The third-order valence-corrected chi connectivity index (χ3v) is 4.04. The number of H-pyrrole nitrogens is 1.